The summed E-state index contributed by atoms with van der Waals surface area (Å²) in [6.45, 7) is 2.64. The van der Waals surface area contributed by atoms with Crippen molar-refractivity contribution in [2.75, 3.05) is 6.61 Å². The first-order chi connectivity index (χ1) is 15.0. The number of amides is 1. The van der Waals surface area contributed by atoms with Gasteiger partial charge < -0.3 is 9.47 Å². The minimum absolute atomic E-state index is 0.297. The van der Waals surface area contributed by atoms with Gasteiger partial charge in [0.05, 0.1) is 18.4 Å². The highest BCUT2D eigenvalue weighted by Crippen LogP contribution is 2.16. The van der Waals surface area contributed by atoms with Gasteiger partial charge in [-0.2, -0.15) is 5.10 Å². The summed E-state index contributed by atoms with van der Waals surface area (Å²) in [5.74, 6) is -0.265. The van der Waals surface area contributed by atoms with E-state index < -0.39 is 17.7 Å². The van der Waals surface area contributed by atoms with Crippen molar-refractivity contribution >= 4 is 18.1 Å². The van der Waals surface area contributed by atoms with Gasteiger partial charge in [0.1, 0.15) is 17.3 Å². The van der Waals surface area contributed by atoms with Crippen molar-refractivity contribution in [2.24, 2.45) is 5.10 Å². The molecule has 0 heterocycles. The molecule has 158 valence electrons. The summed E-state index contributed by atoms with van der Waals surface area (Å²) in [4.78, 5) is 24.2. The smallest absolute Gasteiger partial charge is 0.343 e. The van der Waals surface area contributed by atoms with Gasteiger partial charge in [0, 0.05) is 5.56 Å². The van der Waals surface area contributed by atoms with Gasteiger partial charge in [-0.15, -0.1) is 0 Å². The number of hydrazone groups is 1. The molecule has 0 saturated carbocycles. The highest BCUT2D eigenvalue weighted by Gasteiger charge is 2.09. The number of carbonyl (C=O) groups is 2. The molecule has 0 aliphatic heterocycles. The first kappa shape index (κ1) is 21.7. The number of nitrogens with one attached hydrogen (secondary N) is 1. The molecular weight excluding hydrogens is 399 g/mol. The second kappa shape index (κ2) is 10.7. The number of hydrogen-bond donors (Lipinski definition) is 1. The zero-order valence-electron chi connectivity index (χ0n) is 16.9. The van der Waals surface area contributed by atoms with Crippen molar-refractivity contribution in [3.05, 3.63) is 95.3 Å². The fourth-order valence-electron chi connectivity index (χ4n) is 2.53. The third kappa shape index (κ3) is 6.50. The van der Waals surface area contributed by atoms with E-state index in [4.69, 9.17) is 9.47 Å². The van der Waals surface area contributed by atoms with E-state index in [0.717, 1.165) is 6.42 Å². The predicted octanol–water partition coefficient (Wildman–Crippen LogP) is 4.60. The van der Waals surface area contributed by atoms with Crippen LogP contribution in [-0.2, 0) is 0 Å². The van der Waals surface area contributed by atoms with Crippen molar-refractivity contribution in [3.63, 3.8) is 0 Å². The number of esters is 1. The van der Waals surface area contributed by atoms with E-state index in [9.17, 15) is 14.0 Å². The lowest BCUT2D eigenvalue weighted by molar-refractivity contribution is 0.0734. The Morgan fingerprint density at radius 3 is 2.16 bits per heavy atom. The second-order valence-electron chi connectivity index (χ2n) is 6.54. The molecule has 3 aromatic rings. The summed E-state index contributed by atoms with van der Waals surface area (Å²) < 4.78 is 23.7. The van der Waals surface area contributed by atoms with Crippen LogP contribution in [0.15, 0.2) is 77.9 Å². The Hall–Kier alpha value is -4.00. The van der Waals surface area contributed by atoms with E-state index in [1.165, 1.54) is 30.5 Å². The average Bonchev–Trinajstić information content (AvgIpc) is 2.79. The van der Waals surface area contributed by atoms with Gasteiger partial charge in [0.15, 0.2) is 0 Å². The van der Waals surface area contributed by atoms with Crippen LogP contribution in [0.1, 0.15) is 39.6 Å². The number of ether oxygens (including phenoxy) is 2. The monoisotopic (exact) mass is 420 g/mol. The normalized spacial score (nSPS) is 10.6. The summed E-state index contributed by atoms with van der Waals surface area (Å²) in [5, 5.41) is 3.87. The SMILES string of the molecule is CCCOc1ccc(C(=O)Oc2ccc(C=NNC(=O)c3ccc(F)cc3)cc2)cc1. The summed E-state index contributed by atoms with van der Waals surface area (Å²) in [7, 11) is 0. The highest BCUT2D eigenvalue weighted by molar-refractivity contribution is 5.95. The zero-order valence-corrected chi connectivity index (χ0v) is 16.9. The van der Waals surface area contributed by atoms with Crippen LogP contribution in [-0.4, -0.2) is 24.7 Å². The molecule has 1 amide bonds. The van der Waals surface area contributed by atoms with Gasteiger partial charge in [0.25, 0.3) is 5.91 Å². The Morgan fingerprint density at radius 1 is 0.903 bits per heavy atom. The van der Waals surface area contributed by atoms with E-state index in [2.05, 4.69) is 10.5 Å². The minimum Gasteiger partial charge on any atom is -0.494 e. The molecule has 3 rings (SSSR count). The van der Waals surface area contributed by atoms with E-state index in [1.54, 1.807) is 48.5 Å². The molecule has 3 aromatic carbocycles. The van der Waals surface area contributed by atoms with Crippen LogP contribution in [0, 0.1) is 5.82 Å². The number of halogens is 1. The minimum atomic E-state index is -0.477. The summed E-state index contributed by atoms with van der Waals surface area (Å²) in [5.41, 5.74) is 3.77. The third-order valence-corrected chi connectivity index (χ3v) is 4.14. The number of hydrogen-bond acceptors (Lipinski definition) is 5. The molecule has 0 radical (unpaired) electrons. The first-order valence-corrected chi connectivity index (χ1v) is 9.69. The predicted molar refractivity (Wildman–Crippen MR) is 115 cm³/mol. The molecule has 1 N–H and O–H groups in total. The topological polar surface area (TPSA) is 77.0 Å². The molecule has 0 bridgehead atoms. The number of rotatable bonds is 8. The molecule has 0 spiro atoms. The molecule has 31 heavy (non-hydrogen) atoms. The van der Waals surface area contributed by atoms with Crippen LogP contribution >= 0.6 is 0 Å². The van der Waals surface area contributed by atoms with Crippen molar-refractivity contribution in [3.8, 4) is 11.5 Å². The van der Waals surface area contributed by atoms with Crippen LogP contribution in [0.4, 0.5) is 4.39 Å². The fourth-order valence-corrected chi connectivity index (χ4v) is 2.53. The largest absolute Gasteiger partial charge is 0.494 e. The second-order valence-corrected chi connectivity index (χ2v) is 6.54. The molecule has 0 fully saturated rings. The van der Waals surface area contributed by atoms with E-state index in [-0.39, 0.29) is 0 Å². The molecule has 0 unspecified atom stereocenters. The van der Waals surface area contributed by atoms with Crippen molar-refractivity contribution in [1.29, 1.82) is 0 Å². The maximum absolute atomic E-state index is 12.9. The quantitative estimate of drug-likeness (QED) is 0.250. The van der Waals surface area contributed by atoms with E-state index in [1.807, 2.05) is 6.92 Å². The summed E-state index contributed by atoms with van der Waals surface area (Å²) >= 11 is 0. The highest BCUT2D eigenvalue weighted by atomic mass is 19.1. The van der Waals surface area contributed by atoms with Crippen LogP contribution in [0.25, 0.3) is 0 Å². The number of benzene rings is 3. The van der Waals surface area contributed by atoms with E-state index in [0.29, 0.717) is 34.8 Å². The van der Waals surface area contributed by atoms with Gasteiger partial charge in [0.2, 0.25) is 0 Å². The molecule has 0 atom stereocenters. The Kier molecular flexibility index (Phi) is 7.48. The molecule has 0 saturated heterocycles. The van der Waals surface area contributed by atoms with Crippen molar-refractivity contribution < 1.29 is 23.5 Å². The van der Waals surface area contributed by atoms with Crippen molar-refractivity contribution in [1.82, 2.24) is 5.43 Å². The van der Waals surface area contributed by atoms with Gasteiger partial charge in [-0.25, -0.2) is 14.6 Å². The lowest BCUT2D eigenvalue weighted by atomic mass is 10.2. The molecule has 7 heteroatoms. The first-order valence-electron chi connectivity index (χ1n) is 9.69. The molecule has 6 nitrogen and oxygen atoms in total. The Balaban J connectivity index is 1.52. The van der Waals surface area contributed by atoms with Gasteiger partial charge >= 0.3 is 5.97 Å². The standard InChI is InChI=1S/C24H21FN2O4/c1-2-15-30-21-13-7-19(8-14-21)24(29)31-22-11-3-17(4-12-22)16-26-27-23(28)18-5-9-20(25)10-6-18/h3-14,16H,2,15H2,1H3,(H,27,28). The molecule has 0 aromatic heterocycles. The zero-order chi connectivity index (χ0) is 22.1. The molecule has 0 aliphatic carbocycles. The Labute approximate surface area is 179 Å². The van der Waals surface area contributed by atoms with Crippen LogP contribution in [0.5, 0.6) is 11.5 Å². The maximum atomic E-state index is 12.9. The summed E-state index contributed by atoms with van der Waals surface area (Å²) in [6, 6.07) is 18.5. The molecular formula is C24H21FN2O4. The van der Waals surface area contributed by atoms with Gasteiger partial charge in [-0.3, -0.25) is 4.79 Å². The van der Waals surface area contributed by atoms with Crippen molar-refractivity contribution in [2.45, 2.75) is 13.3 Å². The fraction of sp³-hybridized carbons (Fsp3) is 0.125. The Bertz CT molecular complexity index is 1050. The maximum Gasteiger partial charge on any atom is 0.343 e. The lowest BCUT2D eigenvalue weighted by Crippen LogP contribution is -2.17. The van der Waals surface area contributed by atoms with Gasteiger partial charge in [-0.1, -0.05) is 6.92 Å². The molecule has 0 aliphatic rings. The summed E-state index contributed by atoms with van der Waals surface area (Å²) in [6.07, 6.45) is 2.35. The Morgan fingerprint density at radius 2 is 1.52 bits per heavy atom. The lowest BCUT2D eigenvalue weighted by Gasteiger charge is -2.07. The average molecular weight is 420 g/mol. The number of carbonyl (C=O) groups excluding carboxylic acids is 2. The van der Waals surface area contributed by atoms with Crippen LogP contribution in [0.2, 0.25) is 0 Å². The van der Waals surface area contributed by atoms with Crippen LogP contribution in [0.3, 0.4) is 0 Å². The number of nitrogens with zero attached hydrogens (tertiary/aromatic N) is 1. The van der Waals surface area contributed by atoms with Crippen LogP contribution < -0.4 is 14.9 Å². The van der Waals surface area contributed by atoms with Gasteiger partial charge in [-0.05, 0) is 84.8 Å². The third-order valence-electron chi connectivity index (χ3n) is 4.14. The van der Waals surface area contributed by atoms with E-state index >= 15 is 0 Å².